The summed E-state index contributed by atoms with van der Waals surface area (Å²) in [7, 11) is 0. The standard InChI is InChI=1S/C43H64N6O8/c1-6-49(28(2)3)25-17-16-24-34(40(53)48-37(30(5)50)43(56)57)45-42(55)36(27-32-20-12-8-13-21-32)46-38(51)29(4)44-41(54)35(26-31-18-10-7-11-19-31)47-39(52)33-22-14-9-15-23-33/h7-8,10-13,18-21,28-30,33-37,50H,6,9,14-17,22-27H2,1-5H3,(H,44,54)(H,45,55)(H,46,51)(H,47,52)(H,48,53)(H,56,57)/t29-,30-,34-,35?,36-,37?/m0/s1. The maximum atomic E-state index is 14.0. The predicted octanol–water partition coefficient (Wildman–Crippen LogP) is 2.86. The molecule has 0 heterocycles. The number of aliphatic hydroxyl groups is 1. The van der Waals surface area contributed by atoms with Crippen molar-refractivity contribution in [3.63, 3.8) is 0 Å². The number of carbonyl (C=O) groups excluding carboxylic acids is 5. The normalized spacial score (nSPS) is 16.4. The summed E-state index contributed by atoms with van der Waals surface area (Å²) in [5.74, 6) is -4.47. The average Bonchev–Trinajstić information content (AvgIpc) is 3.19. The lowest BCUT2D eigenvalue weighted by Gasteiger charge is -2.27. The molecule has 1 fully saturated rings. The van der Waals surface area contributed by atoms with Gasteiger partial charge >= 0.3 is 5.97 Å². The lowest BCUT2D eigenvalue weighted by atomic mass is 9.88. The average molecular weight is 793 g/mol. The number of benzene rings is 2. The van der Waals surface area contributed by atoms with Crippen LogP contribution in [0.15, 0.2) is 60.7 Å². The van der Waals surface area contributed by atoms with E-state index in [1.54, 1.807) is 24.3 Å². The second-order valence-electron chi connectivity index (χ2n) is 15.4. The minimum absolute atomic E-state index is 0.0484. The third kappa shape index (κ3) is 15.9. The number of hydrogen-bond acceptors (Lipinski definition) is 8. The Morgan fingerprint density at radius 2 is 1.18 bits per heavy atom. The first kappa shape index (κ1) is 46.6. The van der Waals surface area contributed by atoms with Gasteiger partial charge in [0.15, 0.2) is 6.04 Å². The summed E-state index contributed by atoms with van der Waals surface area (Å²) in [5, 5.41) is 33.2. The van der Waals surface area contributed by atoms with Crippen LogP contribution in [0.4, 0.5) is 0 Å². The molecule has 14 nitrogen and oxygen atoms in total. The van der Waals surface area contributed by atoms with Gasteiger partial charge in [-0.1, -0.05) is 86.8 Å². The Morgan fingerprint density at radius 3 is 1.68 bits per heavy atom. The third-order valence-electron chi connectivity index (χ3n) is 10.6. The molecule has 314 valence electrons. The van der Waals surface area contributed by atoms with Crippen molar-refractivity contribution in [3.8, 4) is 0 Å². The van der Waals surface area contributed by atoms with Gasteiger partial charge in [-0.2, -0.15) is 0 Å². The molecule has 0 radical (unpaired) electrons. The van der Waals surface area contributed by atoms with Crippen molar-refractivity contribution in [2.75, 3.05) is 13.1 Å². The summed E-state index contributed by atoms with van der Waals surface area (Å²) in [6.07, 6.45) is 4.76. The van der Waals surface area contributed by atoms with Crippen LogP contribution in [0.2, 0.25) is 0 Å². The van der Waals surface area contributed by atoms with Gasteiger partial charge in [0.1, 0.15) is 24.2 Å². The van der Waals surface area contributed by atoms with Gasteiger partial charge < -0.3 is 41.7 Å². The van der Waals surface area contributed by atoms with Gasteiger partial charge in [0.2, 0.25) is 29.5 Å². The molecule has 1 aliphatic carbocycles. The van der Waals surface area contributed by atoms with Crippen LogP contribution in [-0.2, 0) is 41.6 Å². The summed E-state index contributed by atoms with van der Waals surface area (Å²) >= 11 is 0. The number of carboxylic acid groups (broad SMARTS) is 1. The molecule has 7 N–H and O–H groups in total. The van der Waals surface area contributed by atoms with E-state index in [2.05, 4.69) is 52.3 Å². The quantitative estimate of drug-likeness (QED) is 0.0826. The fraction of sp³-hybridized carbons (Fsp3) is 0.581. The molecular formula is C43H64N6O8. The van der Waals surface area contributed by atoms with E-state index in [0.29, 0.717) is 18.9 Å². The highest BCUT2D eigenvalue weighted by atomic mass is 16.4. The smallest absolute Gasteiger partial charge is 0.328 e. The second kappa shape index (κ2) is 24.1. The highest BCUT2D eigenvalue weighted by Crippen LogP contribution is 2.24. The number of hydrogen-bond donors (Lipinski definition) is 7. The molecule has 1 saturated carbocycles. The van der Waals surface area contributed by atoms with Crippen LogP contribution in [0.5, 0.6) is 0 Å². The van der Waals surface area contributed by atoms with E-state index in [-0.39, 0.29) is 31.1 Å². The van der Waals surface area contributed by atoms with Gasteiger partial charge in [-0.05, 0) is 84.0 Å². The highest BCUT2D eigenvalue weighted by Gasteiger charge is 2.33. The minimum atomic E-state index is -1.60. The summed E-state index contributed by atoms with van der Waals surface area (Å²) < 4.78 is 0. The number of carboxylic acids is 1. The number of unbranched alkanes of at least 4 members (excludes halogenated alkanes) is 1. The van der Waals surface area contributed by atoms with Crippen molar-refractivity contribution in [1.82, 2.24) is 31.5 Å². The van der Waals surface area contributed by atoms with E-state index in [4.69, 9.17) is 0 Å². The number of amides is 5. The van der Waals surface area contributed by atoms with Crippen LogP contribution in [0.3, 0.4) is 0 Å². The molecule has 2 unspecified atom stereocenters. The van der Waals surface area contributed by atoms with Gasteiger partial charge in [-0.3, -0.25) is 24.0 Å². The molecule has 57 heavy (non-hydrogen) atoms. The van der Waals surface area contributed by atoms with Gasteiger partial charge in [-0.15, -0.1) is 0 Å². The summed E-state index contributed by atoms with van der Waals surface area (Å²) in [5.41, 5.74) is 1.56. The minimum Gasteiger partial charge on any atom is -0.480 e. The molecule has 0 saturated heterocycles. The molecule has 2 aromatic rings. The van der Waals surface area contributed by atoms with Crippen molar-refractivity contribution in [3.05, 3.63) is 71.8 Å². The lowest BCUT2D eigenvalue weighted by molar-refractivity contribution is -0.145. The topological polar surface area (TPSA) is 206 Å². The van der Waals surface area contributed by atoms with Gasteiger partial charge in [0.25, 0.3) is 0 Å². The Hall–Kier alpha value is -4.82. The van der Waals surface area contributed by atoms with Gasteiger partial charge in [0.05, 0.1) is 6.10 Å². The largest absolute Gasteiger partial charge is 0.480 e. The first-order valence-electron chi connectivity index (χ1n) is 20.4. The van der Waals surface area contributed by atoms with Crippen molar-refractivity contribution < 1.29 is 39.0 Å². The number of nitrogens with one attached hydrogen (secondary N) is 5. The molecule has 2 aromatic carbocycles. The molecule has 0 bridgehead atoms. The van der Waals surface area contributed by atoms with Crippen molar-refractivity contribution in [2.24, 2.45) is 5.92 Å². The molecule has 0 aliphatic heterocycles. The number of nitrogens with zero attached hydrogens (tertiary/aromatic N) is 1. The van der Waals surface area contributed by atoms with Crippen LogP contribution in [-0.4, -0.2) is 106 Å². The molecule has 0 spiro atoms. The monoisotopic (exact) mass is 792 g/mol. The van der Waals surface area contributed by atoms with E-state index in [1.807, 2.05) is 36.4 Å². The van der Waals surface area contributed by atoms with E-state index in [1.165, 1.54) is 13.8 Å². The molecule has 5 amide bonds. The Morgan fingerprint density at radius 1 is 0.667 bits per heavy atom. The van der Waals surface area contributed by atoms with Crippen LogP contribution < -0.4 is 26.6 Å². The number of aliphatic hydroxyl groups excluding tert-OH is 1. The molecule has 1 aliphatic rings. The molecule has 14 heteroatoms. The van der Waals surface area contributed by atoms with E-state index in [0.717, 1.165) is 56.3 Å². The van der Waals surface area contributed by atoms with E-state index >= 15 is 0 Å². The molecule has 6 atom stereocenters. The van der Waals surface area contributed by atoms with Crippen LogP contribution in [0.1, 0.15) is 97.1 Å². The van der Waals surface area contributed by atoms with E-state index < -0.39 is 65.9 Å². The first-order valence-corrected chi connectivity index (χ1v) is 20.4. The fourth-order valence-corrected chi connectivity index (χ4v) is 7.08. The van der Waals surface area contributed by atoms with Crippen molar-refractivity contribution in [2.45, 2.75) is 141 Å². The number of aliphatic carboxylic acids is 1. The van der Waals surface area contributed by atoms with Gasteiger partial charge in [0, 0.05) is 24.8 Å². The predicted molar refractivity (Wildman–Crippen MR) is 218 cm³/mol. The maximum Gasteiger partial charge on any atom is 0.328 e. The Kier molecular flexibility index (Phi) is 19.7. The van der Waals surface area contributed by atoms with Crippen LogP contribution in [0.25, 0.3) is 0 Å². The first-order chi connectivity index (χ1) is 27.2. The summed E-state index contributed by atoms with van der Waals surface area (Å²) in [4.78, 5) is 82.4. The molecule has 0 aromatic heterocycles. The number of rotatable bonds is 23. The molecule has 3 rings (SSSR count). The number of carbonyl (C=O) groups is 6. The zero-order valence-corrected chi connectivity index (χ0v) is 34.2. The van der Waals surface area contributed by atoms with Gasteiger partial charge in [-0.25, -0.2) is 4.79 Å². The Balaban J connectivity index is 1.79. The zero-order chi connectivity index (χ0) is 41.9. The Labute approximate surface area is 337 Å². The Bertz CT molecular complexity index is 1580. The highest BCUT2D eigenvalue weighted by molar-refractivity contribution is 5.96. The molecular weight excluding hydrogens is 729 g/mol. The second-order valence-corrected chi connectivity index (χ2v) is 15.4. The van der Waals surface area contributed by atoms with Crippen molar-refractivity contribution in [1.29, 1.82) is 0 Å². The van der Waals surface area contributed by atoms with Crippen LogP contribution in [0, 0.1) is 5.92 Å². The van der Waals surface area contributed by atoms with Crippen LogP contribution >= 0.6 is 0 Å². The summed E-state index contributed by atoms with van der Waals surface area (Å²) in [6, 6.07) is 12.6. The van der Waals surface area contributed by atoms with Crippen molar-refractivity contribution >= 4 is 35.5 Å². The maximum absolute atomic E-state index is 14.0. The summed E-state index contributed by atoms with van der Waals surface area (Å²) in [6.45, 7) is 10.6. The lowest BCUT2D eigenvalue weighted by Crippen LogP contribution is -2.59. The van der Waals surface area contributed by atoms with E-state index in [9.17, 15) is 39.0 Å². The SMILES string of the molecule is CCN(CCCC[C@H](NC(=O)[C@H](Cc1ccccc1)NC(=O)[C@H](C)NC(=O)C(Cc1ccccc1)NC(=O)C1CCCCC1)C(=O)NC(C(=O)O)[C@H](C)O)C(C)C. The zero-order valence-electron chi connectivity index (χ0n) is 34.2. The third-order valence-corrected chi connectivity index (χ3v) is 10.6. The fourth-order valence-electron chi connectivity index (χ4n) is 7.08.